The third-order valence-electron chi connectivity index (χ3n) is 3.20. The predicted octanol–water partition coefficient (Wildman–Crippen LogP) is 3.09. The van der Waals surface area contributed by atoms with Gasteiger partial charge in [0.25, 0.3) is 5.69 Å². The minimum absolute atomic E-state index is 0.118. The van der Waals surface area contributed by atoms with Crippen LogP contribution in [0.25, 0.3) is 0 Å². The highest BCUT2D eigenvalue weighted by Gasteiger charge is 2.19. The maximum atomic E-state index is 11.2. The molecule has 0 radical (unpaired) electrons. The Kier molecular flexibility index (Phi) is 4.77. The van der Waals surface area contributed by atoms with Gasteiger partial charge in [-0.1, -0.05) is 28.1 Å². The van der Waals surface area contributed by atoms with Gasteiger partial charge in [0.2, 0.25) is 5.91 Å². The Labute approximate surface area is 135 Å². The van der Waals surface area contributed by atoms with E-state index in [1.165, 1.54) is 18.2 Å². The normalized spacial score (nSPS) is 10.3. The van der Waals surface area contributed by atoms with Crippen LogP contribution in [0, 0.1) is 10.1 Å². The number of primary amides is 1. The number of amides is 1. The van der Waals surface area contributed by atoms with Crippen LogP contribution in [0.4, 0.5) is 11.4 Å². The Hall–Kier alpha value is -2.41. The lowest BCUT2D eigenvalue weighted by atomic mass is 10.1. The van der Waals surface area contributed by atoms with Crippen molar-refractivity contribution in [3.63, 3.8) is 0 Å². The van der Waals surface area contributed by atoms with Crippen molar-refractivity contribution >= 4 is 33.2 Å². The third-order valence-corrected chi connectivity index (χ3v) is 3.73. The molecule has 0 saturated carbocycles. The summed E-state index contributed by atoms with van der Waals surface area (Å²) in [6.07, 6.45) is 0. The number of rotatable bonds is 5. The van der Waals surface area contributed by atoms with Crippen LogP contribution in [0.2, 0.25) is 0 Å². The number of halogens is 1. The fourth-order valence-electron chi connectivity index (χ4n) is 2.09. The summed E-state index contributed by atoms with van der Waals surface area (Å²) in [6, 6.07) is 11.9. The van der Waals surface area contributed by atoms with E-state index in [0.29, 0.717) is 12.2 Å². The van der Waals surface area contributed by atoms with Gasteiger partial charge in [-0.05, 0) is 29.8 Å². The fraction of sp³-hybridized carbons (Fsp3) is 0.133. The van der Waals surface area contributed by atoms with Crippen molar-refractivity contribution in [3.8, 4) is 0 Å². The molecule has 0 saturated heterocycles. The first-order valence-electron chi connectivity index (χ1n) is 6.42. The molecule has 0 aliphatic heterocycles. The zero-order valence-electron chi connectivity index (χ0n) is 11.8. The maximum absolute atomic E-state index is 11.2. The zero-order chi connectivity index (χ0) is 16.3. The number of carbonyl (C=O) groups excluding carboxylic acids is 1. The standard InChI is InChI=1S/C15H14BrN3O3/c1-18(9-10-2-5-12(16)6-3-10)13-7-4-11(15(17)20)8-14(13)19(21)22/h2-8H,9H2,1H3,(H2,17,20). The zero-order valence-corrected chi connectivity index (χ0v) is 13.4. The molecule has 0 bridgehead atoms. The first-order chi connectivity index (χ1) is 10.4. The van der Waals surface area contributed by atoms with Gasteiger partial charge in [0.1, 0.15) is 5.69 Å². The molecule has 0 atom stereocenters. The topological polar surface area (TPSA) is 89.5 Å². The molecule has 2 aromatic rings. The highest BCUT2D eigenvalue weighted by Crippen LogP contribution is 2.29. The Bertz CT molecular complexity index is 716. The number of nitrogens with two attached hydrogens (primary N) is 1. The van der Waals surface area contributed by atoms with Crippen LogP contribution in [0.3, 0.4) is 0 Å². The van der Waals surface area contributed by atoms with Gasteiger partial charge < -0.3 is 10.6 Å². The molecule has 0 unspecified atom stereocenters. The number of carbonyl (C=O) groups is 1. The lowest BCUT2D eigenvalue weighted by Gasteiger charge is -2.19. The van der Waals surface area contributed by atoms with Gasteiger partial charge in [-0.2, -0.15) is 0 Å². The third kappa shape index (κ3) is 3.62. The van der Waals surface area contributed by atoms with E-state index in [1.807, 2.05) is 24.3 Å². The number of hydrogen-bond acceptors (Lipinski definition) is 4. The Morgan fingerprint density at radius 1 is 1.27 bits per heavy atom. The number of anilines is 1. The van der Waals surface area contributed by atoms with E-state index >= 15 is 0 Å². The molecule has 0 fully saturated rings. The molecule has 22 heavy (non-hydrogen) atoms. The minimum atomic E-state index is -0.690. The number of nitro benzene ring substituents is 1. The van der Waals surface area contributed by atoms with Crippen molar-refractivity contribution in [1.82, 2.24) is 0 Å². The average Bonchev–Trinajstić information content (AvgIpc) is 2.48. The first-order valence-corrected chi connectivity index (χ1v) is 7.21. The van der Waals surface area contributed by atoms with Crippen LogP contribution >= 0.6 is 15.9 Å². The van der Waals surface area contributed by atoms with Crippen molar-refractivity contribution in [3.05, 3.63) is 68.2 Å². The summed E-state index contributed by atoms with van der Waals surface area (Å²) in [6.45, 7) is 0.504. The molecule has 1 amide bonds. The van der Waals surface area contributed by atoms with Gasteiger partial charge in [0.15, 0.2) is 0 Å². The molecule has 0 aliphatic rings. The average molecular weight is 364 g/mol. The molecule has 114 valence electrons. The molecular weight excluding hydrogens is 350 g/mol. The van der Waals surface area contributed by atoms with Gasteiger partial charge in [0, 0.05) is 29.7 Å². The highest BCUT2D eigenvalue weighted by molar-refractivity contribution is 9.10. The van der Waals surface area contributed by atoms with Crippen molar-refractivity contribution in [2.24, 2.45) is 5.73 Å². The Balaban J connectivity index is 2.32. The monoisotopic (exact) mass is 363 g/mol. The van der Waals surface area contributed by atoms with E-state index in [2.05, 4.69) is 15.9 Å². The number of hydrogen-bond donors (Lipinski definition) is 1. The van der Waals surface area contributed by atoms with Crippen molar-refractivity contribution in [2.45, 2.75) is 6.54 Å². The van der Waals surface area contributed by atoms with Crippen molar-refractivity contribution in [2.75, 3.05) is 11.9 Å². The van der Waals surface area contributed by atoms with Gasteiger partial charge in [-0.25, -0.2) is 0 Å². The second-order valence-electron chi connectivity index (χ2n) is 4.81. The number of nitrogens with zero attached hydrogens (tertiary/aromatic N) is 2. The largest absolute Gasteiger partial charge is 0.366 e. The van der Waals surface area contributed by atoms with Gasteiger partial charge in [0.05, 0.1) is 4.92 Å². The van der Waals surface area contributed by atoms with Crippen LogP contribution < -0.4 is 10.6 Å². The Morgan fingerprint density at radius 2 is 1.91 bits per heavy atom. The van der Waals surface area contributed by atoms with E-state index in [4.69, 9.17) is 5.73 Å². The molecular formula is C15H14BrN3O3. The summed E-state index contributed by atoms with van der Waals surface area (Å²) < 4.78 is 0.968. The molecule has 0 aliphatic carbocycles. The van der Waals surface area contributed by atoms with Crippen LogP contribution in [0.1, 0.15) is 15.9 Å². The summed E-state index contributed by atoms with van der Waals surface area (Å²) in [5.74, 6) is -0.690. The van der Waals surface area contributed by atoms with Crippen molar-refractivity contribution in [1.29, 1.82) is 0 Å². The van der Waals surface area contributed by atoms with E-state index < -0.39 is 10.8 Å². The number of nitro groups is 1. The molecule has 2 aromatic carbocycles. The number of benzene rings is 2. The molecule has 6 nitrogen and oxygen atoms in total. The SMILES string of the molecule is CN(Cc1ccc(Br)cc1)c1ccc(C(N)=O)cc1[N+](=O)[O-]. The highest BCUT2D eigenvalue weighted by atomic mass is 79.9. The molecule has 0 spiro atoms. The Morgan fingerprint density at radius 3 is 2.45 bits per heavy atom. The van der Waals surface area contributed by atoms with E-state index in [1.54, 1.807) is 11.9 Å². The second kappa shape index (κ2) is 6.57. The lowest BCUT2D eigenvalue weighted by Crippen LogP contribution is -2.18. The smallest absolute Gasteiger partial charge is 0.293 e. The van der Waals surface area contributed by atoms with Crippen LogP contribution in [0.5, 0.6) is 0 Å². The lowest BCUT2D eigenvalue weighted by molar-refractivity contribution is -0.384. The van der Waals surface area contributed by atoms with Crippen molar-refractivity contribution < 1.29 is 9.72 Å². The molecule has 0 aromatic heterocycles. The van der Waals surface area contributed by atoms with Crippen LogP contribution in [-0.2, 0) is 6.54 Å². The molecule has 0 heterocycles. The predicted molar refractivity (Wildman–Crippen MR) is 87.9 cm³/mol. The summed E-state index contributed by atoms with van der Waals surface area (Å²) in [4.78, 5) is 23.6. The van der Waals surface area contributed by atoms with Crippen LogP contribution in [0.15, 0.2) is 46.9 Å². The quantitative estimate of drug-likeness (QED) is 0.652. The minimum Gasteiger partial charge on any atom is -0.366 e. The molecule has 2 rings (SSSR count). The van der Waals surface area contributed by atoms with Gasteiger partial charge in [-0.15, -0.1) is 0 Å². The summed E-state index contributed by atoms with van der Waals surface area (Å²) in [5.41, 5.74) is 6.58. The second-order valence-corrected chi connectivity index (χ2v) is 5.72. The van der Waals surface area contributed by atoms with Gasteiger partial charge >= 0.3 is 0 Å². The summed E-state index contributed by atoms with van der Waals surface area (Å²) >= 11 is 3.36. The summed E-state index contributed by atoms with van der Waals surface area (Å²) in [5, 5.41) is 11.2. The first kappa shape index (κ1) is 16.0. The summed E-state index contributed by atoms with van der Waals surface area (Å²) in [7, 11) is 1.76. The maximum Gasteiger partial charge on any atom is 0.293 e. The van der Waals surface area contributed by atoms with E-state index in [-0.39, 0.29) is 11.3 Å². The van der Waals surface area contributed by atoms with Gasteiger partial charge in [-0.3, -0.25) is 14.9 Å². The van der Waals surface area contributed by atoms with E-state index in [0.717, 1.165) is 10.0 Å². The van der Waals surface area contributed by atoms with Crippen LogP contribution in [-0.4, -0.2) is 17.9 Å². The molecule has 2 N–H and O–H groups in total. The molecule has 7 heteroatoms. The van der Waals surface area contributed by atoms with E-state index in [9.17, 15) is 14.9 Å². The fourth-order valence-corrected chi connectivity index (χ4v) is 2.36.